The van der Waals surface area contributed by atoms with E-state index in [4.69, 9.17) is 38.2 Å². The van der Waals surface area contributed by atoms with E-state index in [0.717, 1.165) is 31.1 Å². The number of benzene rings is 4. The van der Waals surface area contributed by atoms with Gasteiger partial charge in [0.2, 0.25) is 12.1 Å². The number of carbonyl (C=O) groups excluding carboxylic acids is 2. The second-order valence-corrected chi connectivity index (χ2v) is 17.1. The van der Waals surface area contributed by atoms with Gasteiger partial charge in [0.15, 0.2) is 11.9 Å². The molecule has 4 aromatic rings. The van der Waals surface area contributed by atoms with Gasteiger partial charge in [-0.1, -0.05) is 49.5 Å². The van der Waals surface area contributed by atoms with Crippen molar-refractivity contribution in [3.05, 3.63) is 108 Å². The molecule has 0 unspecified atom stereocenters. The van der Waals surface area contributed by atoms with Crippen LogP contribution in [0.2, 0.25) is 0 Å². The topological polar surface area (TPSA) is 108 Å². The molecule has 288 valence electrons. The number of fused-ring (bicyclic) bond motifs is 2. The van der Waals surface area contributed by atoms with Gasteiger partial charge < -0.3 is 28.4 Å². The predicted octanol–water partition coefficient (Wildman–Crippen LogP) is 9.21. The number of rotatable bonds is 10. The first-order valence-electron chi connectivity index (χ1n) is 18.5. The summed E-state index contributed by atoms with van der Waals surface area (Å²) in [5, 5.41) is 0. The van der Waals surface area contributed by atoms with Crippen LogP contribution < -0.4 is 9.47 Å². The summed E-state index contributed by atoms with van der Waals surface area (Å²) in [6.45, 7) is 5.91. The Balaban J connectivity index is 1.00. The Morgan fingerprint density at radius 1 is 0.691 bits per heavy atom. The van der Waals surface area contributed by atoms with Crippen molar-refractivity contribution in [3.63, 3.8) is 0 Å². The summed E-state index contributed by atoms with van der Waals surface area (Å²) >= 11 is 3.09. The van der Waals surface area contributed by atoms with Gasteiger partial charge in [0.1, 0.15) is 17.6 Å². The Labute approximate surface area is 329 Å². The van der Waals surface area contributed by atoms with Crippen LogP contribution in [0, 0.1) is 23.7 Å². The molecule has 0 radical (unpaired) electrons. The summed E-state index contributed by atoms with van der Waals surface area (Å²) in [4.78, 5) is 43.8. The molecule has 10 nitrogen and oxygen atoms in total. The molecule has 0 amide bonds. The Hall–Kier alpha value is -4.04. The number of ether oxygens (including phenoxy) is 6. The Bertz CT molecular complexity index is 2020. The van der Waals surface area contributed by atoms with E-state index in [1.165, 1.54) is 11.8 Å². The van der Waals surface area contributed by atoms with Crippen LogP contribution in [-0.2, 0) is 28.7 Å². The second kappa shape index (κ2) is 15.5. The predicted molar refractivity (Wildman–Crippen MR) is 204 cm³/mol. The summed E-state index contributed by atoms with van der Waals surface area (Å²) in [7, 11) is 3.27. The van der Waals surface area contributed by atoms with Gasteiger partial charge in [0, 0.05) is 43.8 Å². The Morgan fingerprint density at radius 2 is 1.25 bits per heavy atom. The van der Waals surface area contributed by atoms with Crippen LogP contribution in [0.3, 0.4) is 0 Å². The lowest BCUT2D eigenvalue weighted by molar-refractivity contribution is -0.577. The molecule has 55 heavy (non-hydrogen) atoms. The summed E-state index contributed by atoms with van der Waals surface area (Å²) in [6.07, 6.45) is -0.541. The molecule has 0 N–H and O–H groups in total. The highest BCUT2D eigenvalue weighted by molar-refractivity contribution is 7.99. The molecule has 9 atom stereocenters. The van der Waals surface area contributed by atoms with E-state index in [1.807, 2.05) is 98.8 Å². The van der Waals surface area contributed by atoms with Crippen LogP contribution in [-0.4, -0.2) is 56.2 Å². The summed E-state index contributed by atoms with van der Waals surface area (Å²) in [6, 6.07) is 30.3. The van der Waals surface area contributed by atoms with Crippen molar-refractivity contribution in [2.45, 2.75) is 89.7 Å². The highest BCUT2D eigenvalue weighted by Gasteiger charge is 2.71. The van der Waals surface area contributed by atoms with Crippen LogP contribution in [0.25, 0.3) is 0 Å². The standard InChI is InChI=1S/C43H44O10S2/c1-25-35-20-21-42(3)51-41-43(35,53-52-42)36(24-37(25)48-38(44)27-8-6-10-33(22-27)54-31-16-12-29(46-4)13-17-31)26(2)40(50-41)49-39(45)28-9-7-11-34(23-28)55-32-18-14-30(47-5)15-19-32/h6-19,22-23,25-26,35-37,40-41H,20-21,24H2,1-5H3/t25-,26+,35-,36-,37+,40+,41+,42-,43+/m0/s1. The lowest BCUT2D eigenvalue weighted by atomic mass is 9.57. The fourth-order valence-corrected chi connectivity index (χ4v) is 10.2. The number of carbonyl (C=O) groups is 2. The quantitative estimate of drug-likeness (QED) is 0.113. The fraction of sp³-hybridized carbons (Fsp3) is 0.395. The van der Waals surface area contributed by atoms with E-state index in [9.17, 15) is 9.59 Å². The first kappa shape index (κ1) is 37.9. The van der Waals surface area contributed by atoms with Gasteiger partial charge >= 0.3 is 11.9 Å². The fourth-order valence-electron chi connectivity index (χ4n) is 8.41. The minimum Gasteiger partial charge on any atom is -0.497 e. The van der Waals surface area contributed by atoms with E-state index in [0.29, 0.717) is 30.4 Å². The molecule has 9 rings (SSSR count). The van der Waals surface area contributed by atoms with Crippen LogP contribution >= 0.6 is 23.5 Å². The van der Waals surface area contributed by atoms with E-state index in [-0.39, 0.29) is 23.7 Å². The van der Waals surface area contributed by atoms with E-state index in [2.05, 4.69) is 6.92 Å². The van der Waals surface area contributed by atoms with Gasteiger partial charge in [0.25, 0.3) is 0 Å². The van der Waals surface area contributed by atoms with Crippen LogP contribution in [0.15, 0.2) is 117 Å². The molecule has 2 bridgehead atoms. The molecule has 5 aliphatic rings. The molecule has 4 aromatic carbocycles. The molecule has 5 fully saturated rings. The maximum Gasteiger partial charge on any atom is 0.340 e. The van der Waals surface area contributed by atoms with Crippen LogP contribution in [0.4, 0.5) is 0 Å². The van der Waals surface area contributed by atoms with Crippen molar-refractivity contribution in [1.29, 1.82) is 0 Å². The minimum atomic E-state index is -1.05. The first-order valence-corrected chi connectivity index (χ1v) is 20.2. The average molecular weight is 785 g/mol. The van der Waals surface area contributed by atoms with Crippen molar-refractivity contribution in [3.8, 4) is 11.5 Å². The maximum atomic E-state index is 13.8. The van der Waals surface area contributed by atoms with Gasteiger partial charge in [-0.3, -0.25) is 0 Å². The van der Waals surface area contributed by atoms with Gasteiger partial charge in [-0.05, 0) is 111 Å². The number of hydrogen-bond donors (Lipinski definition) is 0. The molecule has 0 aromatic heterocycles. The molecule has 12 heteroatoms. The van der Waals surface area contributed by atoms with E-state index >= 15 is 0 Å². The molecule has 4 heterocycles. The van der Waals surface area contributed by atoms with Crippen LogP contribution in [0.5, 0.6) is 11.5 Å². The van der Waals surface area contributed by atoms with Crippen LogP contribution in [0.1, 0.15) is 60.7 Å². The molecule has 1 spiro atoms. The highest BCUT2D eigenvalue weighted by Crippen LogP contribution is 2.61. The minimum absolute atomic E-state index is 0.104. The Morgan fingerprint density at radius 3 is 1.82 bits per heavy atom. The van der Waals surface area contributed by atoms with Crippen molar-refractivity contribution >= 4 is 35.5 Å². The SMILES string of the molecule is COc1ccc(Sc2cccc(C(=O)O[C@@H]3O[C@@H]4O[C@]5(C)CC[C@H]6[C@H](C)[C@H](OC(=O)c7cccc(Sc8ccc(OC)cc8)c7)C[C@@H]([C@H]3C)[C@@]46OO5)c2)cc1. The lowest BCUT2D eigenvalue weighted by Crippen LogP contribution is -2.72. The molecule has 1 aliphatic carbocycles. The monoisotopic (exact) mass is 784 g/mol. The van der Waals surface area contributed by atoms with Gasteiger partial charge in [-0.15, -0.1) is 0 Å². The number of esters is 2. The molecular formula is C43H44O10S2. The lowest BCUT2D eigenvalue weighted by Gasteiger charge is -2.60. The van der Waals surface area contributed by atoms with Gasteiger partial charge in [-0.25, -0.2) is 19.4 Å². The molecule has 1 saturated carbocycles. The molecular weight excluding hydrogens is 741 g/mol. The van der Waals surface area contributed by atoms with Crippen molar-refractivity contribution in [1.82, 2.24) is 0 Å². The van der Waals surface area contributed by atoms with Gasteiger partial charge in [0.05, 0.1) is 25.3 Å². The Kier molecular flexibility index (Phi) is 10.7. The van der Waals surface area contributed by atoms with Crippen molar-refractivity contribution in [2.75, 3.05) is 14.2 Å². The van der Waals surface area contributed by atoms with Crippen molar-refractivity contribution in [2.24, 2.45) is 23.7 Å². The summed E-state index contributed by atoms with van der Waals surface area (Å²) in [5.41, 5.74) is -0.107. The first-order chi connectivity index (χ1) is 26.6. The molecule has 4 saturated heterocycles. The zero-order valence-corrected chi connectivity index (χ0v) is 32.9. The third kappa shape index (κ3) is 7.48. The van der Waals surface area contributed by atoms with E-state index in [1.54, 1.807) is 38.1 Å². The van der Waals surface area contributed by atoms with Crippen molar-refractivity contribution < 1.29 is 47.8 Å². The summed E-state index contributed by atoms with van der Waals surface area (Å²) in [5.74, 6) is -1.27. The average Bonchev–Trinajstić information content (AvgIpc) is 3.43. The third-order valence-electron chi connectivity index (χ3n) is 11.4. The van der Waals surface area contributed by atoms with E-state index < -0.39 is 42.0 Å². The molecule has 4 aliphatic heterocycles. The maximum absolute atomic E-state index is 13.8. The normalized spacial score (nSPS) is 30.7. The summed E-state index contributed by atoms with van der Waals surface area (Å²) < 4.78 is 36.2. The smallest absolute Gasteiger partial charge is 0.340 e. The highest BCUT2D eigenvalue weighted by atomic mass is 32.2. The number of methoxy groups -OCH3 is 2. The zero-order chi connectivity index (χ0) is 38.3. The number of hydrogen-bond acceptors (Lipinski definition) is 12. The zero-order valence-electron chi connectivity index (χ0n) is 31.3. The van der Waals surface area contributed by atoms with Gasteiger partial charge in [-0.2, -0.15) is 0 Å². The second-order valence-electron chi connectivity index (χ2n) is 14.8. The third-order valence-corrected chi connectivity index (χ3v) is 13.4. The largest absolute Gasteiger partial charge is 0.497 e.